The Morgan fingerprint density at radius 1 is 1.16 bits per heavy atom. The predicted octanol–water partition coefficient (Wildman–Crippen LogP) is 4.44. The van der Waals surface area contributed by atoms with E-state index in [1.165, 1.54) is 0 Å². The molecule has 0 radical (unpaired) electrons. The van der Waals surface area contributed by atoms with E-state index in [9.17, 15) is 4.79 Å². The number of carbonyl (C=O) groups is 1. The summed E-state index contributed by atoms with van der Waals surface area (Å²) in [5.41, 5.74) is 1.04. The molecule has 0 aliphatic heterocycles. The lowest BCUT2D eigenvalue weighted by Crippen LogP contribution is -2.24. The van der Waals surface area contributed by atoms with Gasteiger partial charge in [-0.1, -0.05) is 64.4 Å². The number of carbonyl (C=O) groups excluding carboxylic acids is 1. The van der Waals surface area contributed by atoms with Crippen LogP contribution in [-0.4, -0.2) is 5.97 Å². The minimum absolute atomic E-state index is 0.0127. The van der Waals surface area contributed by atoms with Crippen LogP contribution in [0.2, 0.25) is 0 Å². The van der Waals surface area contributed by atoms with E-state index >= 15 is 0 Å². The third kappa shape index (κ3) is 5.46. The Labute approximate surface area is 117 Å². The molecular formula is C17H26O2. The molecule has 1 aromatic carbocycles. The molecule has 2 atom stereocenters. The molecule has 106 valence electrons. The second-order valence-electron chi connectivity index (χ2n) is 5.69. The Morgan fingerprint density at radius 3 is 2.32 bits per heavy atom. The van der Waals surface area contributed by atoms with E-state index in [1.54, 1.807) is 0 Å². The fraction of sp³-hybridized carbons (Fsp3) is 0.588. The number of ether oxygens (including phenoxy) is 1. The third-order valence-corrected chi connectivity index (χ3v) is 3.68. The normalized spacial score (nSPS) is 14.2. The average Bonchev–Trinajstić information content (AvgIpc) is 2.42. The summed E-state index contributed by atoms with van der Waals surface area (Å²) in [6.07, 6.45) is 2.02. The minimum atomic E-state index is -0.0563. The molecule has 0 fully saturated rings. The van der Waals surface area contributed by atoms with Crippen molar-refractivity contribution in [1.29, 1.82) is 0 Å². The van der Waals surface area contributed by atoms with Crippen molar-refractivity contribution in [2.45, 2.75) is 47.1 Å². The van der Waals surface area contributed by atoms with Gasteiger partial charge in [-0.05, 0) is 23.8 Å². The molecule has 2 nitrogen and oxygen atoms in total. The zero-order chi connectivity index (χ0) is 14.3. The molecule has 0 saturated carbocycles. The Balaban J connectivity index is 2.53. The van der Waals surface area contributed by atoms with Gasteiger partial charge in [0.25, 0.3) is 0 Å². The number of rotatable bonds is 7. The molecule has 2 unspecified atom stereocenters. The van der Waals surface area contributed by atoms with Gasteiger partial charge in [0.1, 0.15) is 6.61 Å². The van der Waals surface area contributed by atoms with E-state index in [2.05, 4.69) is 27.7 Å². The lowest BCUT2D eigenvalue weighted by Gasteiger charge is -2.22. The molecule has 0 N–H and O–H groups in total. The van der Waals surface area contributed by atoms with Crippen LogP contribution in [0.1, 0.15) is 46.1 Å². The van der Waals surface area contributed by atoms with Crippen LogP contribution in [-0.2, 0) is 16.1 Å². The fourth-order valence-corrected chi connectivity index (χ4v) is 2.08. The van der Waals surface area contributed by atoms with Gasteiger partial charge in [0, 0.05) is 0 Å². The molecule has 0 bridgehead atoms. The second kappa shape index (κ2) is 7.98. The quantitative estimate of drug-likeness (QED) is 0.679. The van der Waals surface area contributed by atoms with Crippen molar-refractivity contribution in [1.82, 2.24) is 0 Å². The predicted molar refractivity (Wildman–Crippen MR) is 78.6 cm³/mol. The number of hydrogen-bond acceptors (Lipinski definition) is 2. The standard InChI is InChI=1S/C17H26O2/c1-5-14(4)11-16(13(2)3)17(18)19-12-15-9-7-6-8-10-15/h6-10,13-14,16H,5,11-12H2,1-4H3. The highest BCUT2D eigenvalue weighted by Gasteiger charge is 2.25. The zero-order valence-corrected chi connectivity index (χ0v) is 12.6. The molecule has 1 aromatic rings. The van der Waals surface area contributed by atoms with E-state index in [-0.39, 0.29) is 11.9 Å². The van der Waals surface area contributed by atoms with Crippen molar-refractivity contribution < 1.29 is 9.53 Å². The highest BCUT2D eigenvalue weighted by molar-refractivity contribution is 5.72. The van der Waals surface area contributed by atoms with Crippen molar-refractivity contribution in [3.8, 4) is 0 Å². The monoisotopic (exact) mass is 262 g/mol. The van der Waals surface area contributed by atoms with Crippen LogP contribution in [0.5, 0.6) is 0 Å². The maximum Gasteiger partial charge on any atom is 0.309 e. The molecule has 2 heteroatoms. The molecule has 0 spiro atoms. The second-order valence-corrected chi connectivity index (χ2v) is 5.69. The van der Waals surface area contributed by atoms with E-state index in [4.69, 9.17) is 4.74 Å². The van der Waals surface area contributed by atoms with E-state index in [0.717, 1.165) is 18.4 Å². The lowest BCUT2D eigenvalue weighted by molar-refractivity contribution is -0.152. The Hall–Kier alpha value is -1.31. The first-order chi connectivity index (χ1) is 9.04. The van der Waals surface area contributed by atoms with Gasteiger partial charge in [0.15, 0.2) is 0 Å². The Bertz CT molecular complexity index is 370. The van der Waals surface area contributed by atoms with E-state index in [1.807, 2.05) is 30.3 Å². The van der Waals surface area contributed by atoms with Crippen LogP contribution in [0.4, 0.5) is 0 Å². The van der Waals surface area contributed by atoms with Crippen LogP contribution >= 0.6 is 0 Å². The third-order valence-electron chi connectivity index (χ3n) is 3.68. The highest BCUT2D eigenvalue weighted by atomic mass is 16.5. The summed E-state index contributed by atoms with van der Waals surface area (Å²) in [4.78, 5) is 12.2. The fourth-order valence-electron chi connectivity index (χ4n) is 2.08. The minimum Gasteiger partial charge on any atom is -0.461 e. The van der Waals surface area contributed by atoms with Crippen molar-refractivity contribution in [2.24, 2.45) is 17.8 Å². The van der Waals surface area contributed by atoms with Crippen molar-refractivity contribution in [2.75, 3.05) is 0 Å². The summed E-state index contributed by atoms with van der Waals surface area (Å²) in [7, 11) is 0. The van der Waals surface area contributed by atoms with Gasteiger partial charge in [-0.2, -0.15) is 0 Å². The van der Waals surface area contributed by atoms with Crippen molar-refractivity contribution in [3.05, 3.63) is 35.9 Å². The molecule has 1 rings (SSSR count). The molecule has 0 aromatic heterocycles. The average molecular weight is 262 g/mol. The maximum absolute atomic E-state index is 12.2. The van der Waals surface area contributed by atoms with Crippen molar-refractivity contribution >= 4 is 5.97 Å². The van der Waals surface area contributed by atoms with Crippen LogP contribution in [0.3, 0.4) is 0 Å². The summed E-state index contributed by atoms with van der Waals surface area (Å²) in [6, 6.07) is 9.84. The molecule has 0 saturated heterocycles. The van der Waals surface area contributed by atoms with Gasteiger partial charge in [-0.15, -0.1) is 0 Å². The molecule has 0 aliphatic rings. The first-order valence-electron chi connectivity index (χ1n) is 7.25. The zero-order valence-electron chi connectivity index (χ0n) is 12.6. The van der Waals surface area contributed by atoms with Gasteiger partial charge in [-0.25, -0.2) is 0 Å². The largest absolute Gasteiger partial charge is 0.461 e. The molecular weight excluding hydrogens is 236 g/mol. The van der Waals surface area contributed by atoms with Crippen LogP contribution < -0.4 is 0 Å². The lowest BCUT2D eigenvalue weighted by atomic mass is 9.86. The van der Waals surface area contributed by atoms with E-state index in [0.29, 0.717) is 18.4 Å². The molecule has 19 heavy (non-hydrogen) atoms. The van der Waals surface area contributed by atoms with Gasteiger partial charge < -0.3 is 4.74 Å². The van der Waals surface area contributed by atoms with Gasteiger partial charge in [0.2, 0.25) is 0 Å². The van der Waals surface area contributed by atoms with E-state index < -0.39 is 0 Å². The maximum atomic E-state index is 12.2. The molecule has 0 heterocycles. The number of esters is 1. The number of benzene rings is 1. The smallest absolute Gasteiger partial charge is 0.309 e. The van der Waals surface area contributed by atoms with Gasteiger partial charge in [-0.3, -0.25) is 4.79 Å². The van der Waals surface area contributed by atoms with Crippen LogP contribution in [0.15, 0.2) is 30.3 Å². The van der Waals surface area contributed by atoms with Gasteiger partial charge >= 0.3 is 5.97 Å². The summed E-state index contributed by atoms with van der Waals surface area (Å²) < 4.78 is 5.46. The summed E-state index contributed by atoms with van der Waals surface area (Å²) in [5, 5.41) is 0. The van der Waals surface area contributed by atoms with Crippen molar-refractivity contribution in [3.63, 3.8) is 0 Å². The summed E-state index contributed by atoms with van der Waals surface area (Å²) >= 11 is 0. The molecule has 0 amide bonds. The summed E-state index contributed by atoms with van der Waals surface area (Å²) in [5.74, 6) is 0.853. The Morgan fingerprint density at radius 2 is 1.79 bits per heavy atom. The van der Waals surface area contributed by atoms with Crippen LogP contribution in [0.25, 0.3) is 0 Å². The molecule has 0 aliphatic carbocycles. The SMILES string of the molecule is CCC(C)CC(C(=O)OCc1ccccc1)C(C)C. The van der Waals surface area contributed by atoms with Gasteiger partial charge in [0.05, 0.1) is 5.92 Å². The summed E-state index contributed by atoms with van der Waals surface area (Å²) in [6.45, 7) is 8.92. The Kier molecular flexibility index (Phi) is 6.61. The topological polar surface area (TPSA) is 26.3 Å². The van der Waals surface area contributed by atoms with Crippen LogP contribution in [0, 0.1) is 17.8 Å². The highest BCUT2D eigenvalue weighted by Crippen LogP contribution is 2.24. The first kappa shape index (κ1) is 15.7. The first-order valence-corrected chi connectivity index (χ1v) is 7.25. The number of hydrogen-bond donors (Lipinski definition) is 0.